The fourth-order valence-electron chi connectivity index (χ4n) is 0.400. The van der Waals surface area contributed by atoms with Gasteiger partial charge in [0.15, 0.2) is 0 Å². The number of nitrogens with zero attached hydrogens (tertiary/aromatic N) is 1. The highest BCUT2D eigenvalue weighted by Crippen LogP contribution is 2.01. The molecular formula is C5H15NO4. The van der Waals surface area contributed by atoms with E-state index in [0.717, 1.165) is 0 Å². The van der Waals surface area contributed by atoms with E-state index in [1.165, 1.54) is 0 Å². The molecule has 0 aromatic carbocycles. The first-order chi connectivity index (χ1) is 3.85. The molecule has 0 heterocycles. The first-order valence-electron chi connectivity index (χ1n) is 2.71. The molecule has 0 saturated heterocycles. The van der Waals surface area contributed by atoms with Gasteiger partial charge in [-0.15, -0.1) is 0 Å². The molecule has 5 nitrogen and oxygen atoms in total. The molecule has 0 radical (unpaired) electrons. The van der Waals surface area contributed by atoms with Crippen LogP contribution in [-0.4, -0.2) is 58.9 Å². The molecule has 1 atom stereocenters. The zero-order chi connectivity index (χ0) is 7.65. The van der Waals surface area contributed by atoms with Crippen LogP contribution in [0, 0.1) is 0 Å². The van der Waals surface area contributed by atoms with Gasteiger partial charge in [-0.2, -0.15) is 0 Å². The molecule has 0 aromatic heterocycles. The predicted octanol–water partition coefficient (Wildman–Crippen LogP) is -1.86. The maximum Gasteiger partial charge on any atom is 0.242 e. The molecule has 0 aliphatic carbocycles. The van der Waals surface area contributed by atoms with Gasteiger partial charge < -0.3 is 25.3 Å². The lowest BCUT2D eigenvalue weighted by Gasteiger charge is -2.30. The second-order valence-corrected chi connectivity index (χ2v) is 2.94. The van der Waals surface area contributed by atoms with E-state index in [0.29, 0.717) is 0 Å². The molecule has 0 rings (SSSR count). The molecule has 0 aliphatic rings. The summed E-state index contributed by atoms with van der Waals surface area (Å²) in [6, 6.07) is 0. The van der Waals surface area contributed by atoms with E-state index in [-0.39, 0.29) is 9.96 Å². The Morgan fingerprint density at radius 2 is 1.30 bits per heavy atom. The summed E-state index contributed by atoms with van der Waals surface area (Å²) in [4.78, 5) is 0. The number of likely N-dealkylation sites (N-methyl/N-ethyl adjacent to an activating group) is 1. The van der Waals surface area contributed by atoms with Crippen LogP contribution in [0.15, 0.2) is 0 Å². The van der Waals surface area contributed by atoms with Gasteiger partial charge in [0.05, 0.1) is 21.1 Å². The second-order valence-electron chi connectivity index (χ2n) is 2.94. The van der Waals surface area contributed by atoms with Crippen molar-refractivity contribution in [2.24, 2.45) is 0 Å². The van der Waals surface area contributed by atoms with Crippen molar-refractivity contribution < 1.29 is 25.3 Å². The summed E-state index contributed by atoms with van der Waals surface area (Å²) in [6.45, 7) is 0. The van der Waals surface area contributed by atoms with E-state index < -0.39 is 12.5 Å². The number of aliphatic hydroxyl groups is 3. The minimum absolute atomic E-state index is 0. The van der Waals surface area contributed by atoms with E-state index in [4.69, 9.17) is 15.3 Å². The molecular weight excluding hydrogens is 138 g/mol. The third-order valence-electron chi connectivity index (χ3n) is 1.06. The van der Waals surface area contributed by atoms with Crippen LogP contribution >= 0.6 is 0 Å². The first kappa shape index (κ1) is 12.5. The molecule has 0 amide bonds. The Hall–Kier alpha value is -0.200. The monoisotopic (exact) mass is 153 g/mol. The van der Waals surface area contributed by atoms with Crippen molar-refractivity contribution in [1.82, 2.24) is 0 Å². The molecule has 0 spiro atoms. The molecule has 64 valence electrons. The van der Waals surface area contributed by atoms with Gasteiger partial charge in [-0.05, 0) is 0 Å². The average Bonchev–Trinajstić information content (AvgIpc) is 1.62. The molecule has 5 heteroatoms. The van der Waals surface area contributed by atoms with Gasteiger partial charge in [0.2, 0.25) is 12.5 Å². The van der Waals surface area contributed by atoms with Crippen LogP contribution in [0.1, 0.15) is 0 Å². The van der Waals surface area contributed by atoms with Crippen LogP contribution in [-0.2, 0) is 0 Å². The quantitative estimate of drug-likeness (QED) is 0.320. The van der Waals surface area contributed by atoms with Gasteiger partial charge in [0.25, 0.3) is 0 Å². The predicted molar refractivity (Wildman–Crippen MR) is 34.2 cm³/mol. The van der Waals surface area contributed by atoms with E-state index >= 15 is 0 Å². The lowest BCUT2D eigenvalue weighted by molar-refractivity contribution is -0.926. The molecule has 1 unspecified atom stereocenters. The van der Waals surface area contributed by atoms with Crippen LogP contribution in [0.4, 0.5) is 0 Å². The van der Waals surface area contributed by atoms with Crippen LogP contribution in [0.5, 0.6) is 0 Å². The standard InChI is InChI=1S/C5H14NO3.H2O/c1-6(2,3)4(7)5(8)9;/h4-5,7-9H,1-3H3;1H2/q+1;/p-1. The summed E-state index contributed by atoms with van der Waals surface area (Å²) < 4.78 is 0.123. The van der Waals surface area contributed by atoms with Crippen LogP contribution in [0.3, 0.4) is 0 Å². The Morgan fingerprint density at radius 3 is 1.30 bits per heavy atom. The summed E-state index contributed by atoms with van der Waals surface area (Å²) in [5, 5.41) is 25.8. The summed E-state index contributed by atoms with van der Waals surface area (Å²) >= 11 is 0. The van der Waals surface area contributed by atoms with Gasteiger partial charge >= 0.3 is 0 Å². The Bertz CT molecular complexity index is 88.1. The lowest BCUT2D eigenvalue weighted by Crippen LogP contribution is -2.51. The summed E-state index contributed by atoms with van der Waals surface area (Å²) in [6.07, 6.45) is -2.80. The van der Waals surface area contributed by atoms with E-state index in [9.17, 15) is 0 Å². The highest BCUT2D eigenvalue weighted by molar-refractivity contribution is 4.38. The highest BCUT2D eigenvalue weighted by Gasteiger charge is 2.26. The van der Waals surface area contributed by atoms with Gasteiger partial charge in [-0.1, -0.05) is 0 Å². The topological polar surface area (TPSA) is 90.7 Å². The molecule has 4 N–H and O–H groups in total. The van der Waals surface area contributed by atoms with Gasteiger partial charge in [0.1, 0.15) is 0 Å². The van der Waals surface area contributed by atoms with Crippen molar-refractivity contribution in [3.05, 3.63) is 0 Å². The molecule has 0 aliphatic heterocycles. The number of rotatable bonds is 2. The molecule has 0 fully saturated rings. The van der Waals surface area contributed by atoms with E-state index in [2.05, 4.69) is 0 Å². The first-order valence-corrected chi connectivity index (χ1v) is 2.71. The summed E-state index contributed by atoms with van der Waals surface area (Å²) in [7, 11) is 5.01. The maximum atomic E-state index is 8.94. The Balaban J connectivity index is 0. The third-order valence-corrected chi connectivity index (χ3v) is 1.06. The zero-order valence-corrected chi connectivity index (χ0v) is 6.39. The van der Waals surface area contributed by atoms with Crippen LogP contribution in [0.25, 0.3) is 0 Å². The van der Waals surface area contributed by atoms with Crippen LogP contribution < -0.4 is 0 Å². The number of quaternary nitrogens is 1. The Labute approximate surface area is 60.0 Å². The van der Waals surface area contributed by atoms with Crippen molar-refractivity contribution in [3.63, 3.8) is 0 Å². The SMILES string of the molecule is C[N+](C)(C)C(O)C(O)O.[OH-]. The van der Waals surface area contributed by atoms with Gasteiger partial charge in [-0.3, -0.25) is 0 Å². The normalized spacial score (nSPS) is 14.7. The van der Waals surface area contributed by atoms with Crippen molar-refractivity contribution in [2.75, 3.05) is 21.1 Å². The van der Waals surface area contributed by atoms with E-state index in [1.54, 1.807) is 21.1 Å². The molecule has 10 heavy (non-hydrogen) atoms. The second kappa shape index (κ2) is 3.85. The minimum Gasteiger partial charge on any atom is -0.870 e. The Kier molecular flexibility index (Phi) is 4.80. The fraction of sp³-hybridized carbons (Fsp3) is 1.00. The third kappa shape index (κ3) is 3.76. The van der Waals surface area contributed by atoms with E-state index in [1.807, 2.05) is 0 Å². The molecule has 0 saturated carbocycles. The van der Waals surface area contributed by atoms with Crippen molar-refractivity contribution >= 4 is 0 Å². The Morgan fingerprint density at radius 1 is 1.00 bits per heavy atom. The summed E-state index contributed by atoms with van der Waals surface area (Å²) in [5.74, 6) is 0. The minimum atomic E-state index is -1.66. The average molecular weight is 153 g/mol. The maximum absolute atomic E-state index is 8.94. The van der Waals surface area contributed by atoms with Crippen LogP contribution in [0.2, 0.25) is 0 Å². The van der Waals surface area contributed by atoms with Crippen molar-refractivity contribution in [3.8, 4) is 0 Å². The van der Waals surface area contributed by atoms with Gasteiger partial charge in [-0.25, -0.2) is 0 Å². The lowest BCUT2D eigenvalue weighted by atomic mass is 10.4. The smallest absolute Gasteiger partial charge is 0.242 e. The fourth-order valence-corrected chi connectivity index (χ4v) is 0.400. The molecule has 0 aromatic rings. The van der Waals surface area contributed by atoms with Gasteiger partial charge in [0, 0.05) is 0 Å². The highest BCUT2D eigenvalue weighted by atomic mass is 16.5. The van der Waals surface area contributed by atoms with Crippen molar-refractivity contribution in [1.29, 1.82) is 0 Å². The zero-order valence-electron chi connectivity index (χ0n) is 6.39. The molecule has 0 bridgehead atoms. The van der Waals surface area contributed by atoms with Crippen molar-refractivity contribution in [2.45, 2.75) is 12.5 Å². The number of hydrogen-bond acceptors (Lipinski definition) is 4. The number of hydrogen-bond donors (Lipinski definition) is 3. The summed E-state index contributed by atoms with van der Waals surface area (Å²) in [5.41, 5.74) is 0. The number of aliphatic hydroxyl groups excluding tert-OH is 2. The largest absolute Gasteiger partial charge is 0.870 e.